The second-order valence-corrected chi connectivity index (χ2v) is 5.38. The molecule has 0 aliphatic carbocycles. The lowest BCUT2D eigenvalue weighted by atomic mass is 10.0. The number of amides is 2. The van der Waals surface area contributed by atoms with Gasteiger partial charge in [0.25, 0.3) is 0 Å². The Labute approximate surface area is 153 Å². The quantitative estimate of drug-likeness (QED) is 0.697. The van der Waals surface area contributed by atoms with Gasteiger partial charge in [-0.1, -0.05) is 12.1 Å². The van der Waals surface area contributed by atoms with E-state index in [4.69, 9.17) is 9.47 Å². The van der Waals surface area contributed by atoms with E-state index in [1.807, 2.05) is 0 Å². The summed E-state index contributed by atoms with van der Waals surface area (Å²) < 4.78 is 39.2. The van der Waals surface area contributed by atoms with Gasteiger partial charge in [0, 0.05) is 0 Å². The van der Waals surface area contributed by atoms with Crippen LogP contribution < -0.4 is 15.4 Å². The number of ether oxygens (including phenoxy) is 3. The highest BCUT2D eigenvalue weighted by atomic mass is 19.3. The normalized spacial score (nSPS) is 16.5. The second kappa shape index (κ2) is 8.97. The van der Waals surface area contributed by atoms with Crippen molar-refractivity contribution in [1.82, 2.24) is 10.6 Å². The summed E-state index contributed by atoms with van der Waals surface area (Å²) in [6, 6.07) is 4.08. The summed E-state index contributed by atoms with van der Waals surface area (Å²) in [5, 5.41) is 4.89. The third-order valence-electron chi connectivity index (χ3n) is 3.54. The molecule has 0 saturated heterocycles. The van der Waals surface area contributed by atoms with Crippen LogP contribution in [0.2, 0.25) is 0 Å². The Bertz CT molecular complexity index is 766. The molecule has 1 aromatic rings. The van der Waals surface area contributed by atoms with E-state index in [0.717, 1.165) is 0 Å². The number of carbonyl (C=O) groups is 3. The standard InChI is InChI=1S/C17H18F2N2O6/c1-3-25-15(23)13-9(2)20-17(24)21-11(13)8-26-14(22)10-6-4-5-7-12(10)27-16(18)19/h4-7,9,16H,3,8H2,1-2H3,(H2,20,21,24)/t9-/m0/s1. The third kappa shape index (κ3) is 5.16. The minimum atomic E-state index is -3.11. The van der Waals surface area contributed by atoms with E-state index in [9.17, 15) is 23.2 Å². The van der Waals surface area contributed by atoms with Crippen molar-refractivity contribution in [2.75, 3.05) is 13.2 Å². The van der Waals surface area contributed by atoms with Crippen LogP contribution >= 0.6 is 0 Å². The minimum absolute atomic E-state index is 0.0466. The molecule has 1 aliphatic rings. The molecule has 27 heavy (non-hydrogen) atoms. The van der Waals surface area contributed by atoms with Crippen LogP contribution in [0, 0.1) is 0 Å². The van der Waals surface area contributed by atoms with Crippen LogP contribution in [0.4, 0.5) is 13.6 Å². The highest BCUT2D eigenvalue weighted by Gasteiger charge is 2.30. The van der Waals surface area contributed by atoms with Gasteiger partial charge in [0.05, 0.1) is 23.9 Å². The fourth-order valence-electron chi connectivity index (χ4n) is 2.44. The van der Waals surface area contributed by atoms with Crippen LogP contribution in [0.1, 0.15) is 24.2 Å². The average Bonchev–Trinajstić information content (AvgIpc) is 2.59. The van der Waals surface area contributed by atoms with Crippen molar-refractivity contribution in [1.29, 1.82) is 0 Å². The Kier molecular flexibility index (Phi) is 6.69. The zero-order valence-electron chi connectivity index (χ0n) is 14.6. The van der Waals surface area contributed by atoms with E-state index < -0.39 is 37.2 Å². The fourth-order valence-corrected chi connectivity index (χ4v) is 2.44. The summed E-state index contributed by atoms with van der Waals surface area (Å²) in [6.45, 7) is -0.264. The van der Waals surface area contributed by atoms with Gasteiger partial charge in [0.1, 0.15) is 17.9 Å². The molecule has 1 aliphatic heterocycles. The zero-order valence-corrected chi connectivity index (χ0v) is 14.6. The van der Waals surface area contributed by atoms with Crippen molar-refractivity contribution in [2.24, 2.45) is 0 Å². The molecule has 0 saturated carbocycles. The average molecular weight is 384 g/mol. The van der Waals surface area contributed by atoms with E-state index in [0.29, 0.717) is 0 Å². The maximum absolute atomic E-state index is 12.5. The molecule has 0 fully saturated rings. The molecular weight excluding hydrogens is 366 g/mol. The lowest BCUT2D eigenvalue weighted by Crippen LogP contribution is -2.50. The zero-order chi connectivity index (χ0) is 20.0. The molecule has 1 heterocycles. The number of hydrogen-bond acceptors (Lipinski definition) is 6. The Morgan fingerprint density at radius 3 is 2.56 bits per heavy atom. The van der Waals surface area contributed by atoms with E-state index in [-0.39, 0.29) is 29.2 Å². The van der Waals surface area contributed by atoms with Gasteiger partial charge in [-0.05, 0) is 26.0 Å². The molecule has 0 spiro atoms. The van der Waals surface area contributed by atoms with Crippen LogP contribution in [0.15, 0.2) is 35.5 Å². The van der Waals surface area contributed by atoms with Crippen molar-refractivity contribution in [3.8, 4) is 5.75 Å². The molecule has 2 rings (SSSR count). The summed E-state index contributed by atoms with van der Waals surface area (Å²) in [5.74, 6) is -1.98. The summed E-state index contributed by atoms with van der Waals surface area (Å²) in [5.41, 5.74) is -0.0731. The van der Waals surface area contributed by atoms with Crippen molar-refractivity contribution < 1.29 is 37.4 Å². The number of benzene rings is 1. The largest absolute Gasteiger partial charge is 0.463 e. The number of carbonyl (C=O) groups excluding carboxylic acids is 3. The first kappa shape index (κ1) is 20.1. The molecule has 1 atom stereocenters. The molecule has 2 N–H and O–H groups in total. The number of esters is 2. The van der Waals surface area contributed by atoms with Crippen molar-refractivity contribution >= 4 is 18.0 Å². The SMILES string of the molecule is CCOC(=O)C1=C(COC(=O)c2ccccc2OC(F)F)NC(=O)N[C@H]1C. The van der Waals surface area contributed by atoms with Crippen molar-refractivity contribution in [2.45, 2.75) is 26.5 Å². The Morgan fingerprint density at radius 2 is 1.89 bits per heavy atom. The maximum atomic E-state index is 12.5. The first-order valence-electron chi connectivity index (χ1n) is 8.02. The van der Waals surface area contributed by atoms with Gasteiger partial charge in [0.15, 0.2) is 0 Å². The van der Waals surface area contributed by atoms with E-state index >= 15 is 0 Å². The van der Waals surface area contributed by atoms with E-state index in [1.165, 1.54) is 24.3 Å². The van der Waals surface area contributed by atoms with Crippen LogP contribution in [-0.2, 0) is 14.3 Å². The number of para-hydroxylation sites is 1. The fraction of sp³-hybridized carbons (Fsp3) is 0.353. The molecular formula is C17H18F2N2O6. The minimum Gasteiger partial charge on any atom is -0.463 e. The van der Waals surface area contributed by atoms with Gasteiger partial charge < -0.3 is 24.8 Å². The number of alkyl halides is 2. The highest BCUT2D eigenvalue weighted by molar-refractivity contribution is 5.95. The Morgan fingerprint density at radius 1 is 1.19 bits per heavy atom. The lowest BCUT2D eigenvalue weighted by molar-refractivity contribution is -0.139. The molecule has 146 valence electrons. The van der Waals surface area contributed by atoms with Crippen LogP contribution in [-0.4, -0.2) is 43.8 Å². The van der Waals surface area contributed by atoms with Gasteiger partial charge in [-0.15, -0.1) is 0 Å². The molecule has 0 radical (unpaired) electrons. The molecule has 0 unspecified atom stereocenters. The Hall–Kier alpha value is -3.17. The van der Waals surface area contributed by atoms with Gasteiger partial charge in [-0.25, -0.2) is 14.4 Å². The number of rotatable bonds is 7. The topological polar surface area (TPSA) is 103 Å². The number of halogens is 2. The smallest absolute Gasteiger partial charge is 0.387 e. The van der Waals surface area contributed by atoms with Crippen molar-refractivity contribution in [3.05, 3.63) is 41.1 Å². The summed E-state index contributed by atoms with van der Waals surface area (Å²) in [7, 11) is 0. The number of urea groups is 1. The molecule has 2 amide bonds. The van der Waals surface area contributed by atoms with Gasteiger partial charge in [-0.3, -0.25) is 0 Å². The maximum Gasteiger partial charge on any atom is 0.387 e. The summed E-state index contributed by atoms with van der Waals surface area (Å²) in [6.07, 6.45) is 0. The number of hydrogen-bond donors (Lipinski definition) is 2. The van der Waals surface area contributed by atoms with Gasteiger partial charge >= 0.3 is 24.6 Å². The first-order chi connectivity index (χ1) is 12.8. The third-order valence-corrected chi connectivity index (χ3v) is 3.54. The van der Waals surface area contributed by atoms with Gasteiger partial charge in [-0.2, -0.15) is 8.78 Å². The Balaban J connectivity index is 2.20. The summed E-state index contributed by atoms with van der Waals surface area (Å²) in [4.78, 5) is 36.0. The van der Waals surface area contributed by atoms with Crippen LogP contribution in [0.3, 0.4) is 0 Å². The molecule has 8 nitrogen and oxygen atoms in total. The predicted octanol–water partition coefficient (Wildman–Crippen LogP) is 1.96. The molecule has 1 aromatic carbocycles. The van der Waals surface area contributed by atoms with E-state index in [2.05, 4.69) is 15.4 Å². The lowest BCUT2D eigenvalue weighted by Gasteiger charge is -2.26. The second-order valence-electron chi connectivity index (χ2n) is 5.38. The van der Waals surface area contributed by atoms with Crippen LogP contribution in [0.5, 0.6) is 5.75 Å². The van der Waals surface area contributed by atoms with Crippen molar-refractivity contribution in [3.63, 3.8) is 0 Å². The highest BCUT2D eigenvalue weighted by Crippen LogP contribution is 2.22. The monoisotopic (exact) mass is 384 g/mol. The molecule has 0 aromatic heterocycles. The van der Waals surface area contributed by atoms with Crippen LogP contribution in [0.25, 0.3) is 0 Å². The molecule has 10 heteroatoms. The predicted molar refractivity (Wildman–Crippen MR) is 88.1 cm³/mol. The number of nitrogens with one attached hydrogen (secondary N) is 2. The summed E-state index contributed by atoms with van der Waals surface area (Å²) >= 11 is 0. The van der Waals surface area contributed by atoms with E-state index in [1.54, 1.807) is 13.8 Å². The first-order valence-corrected chi connectivity index (χ1v) is 8.02. The van der Waals surface area contributed by atoms with Gasteiger partial charge in [0.2, 0.25) is 0 Å². The molecule has 0 bridgehead atoms.